The maximum atomic E-state index is 5.68. The van der Waals surface area contributed by atoms with Crippen LogP contribution in [0.5, 0.6) is 0 Å². The maximum absolute atomic E-state index is 5.68. The van der Waals surface area contributed by atoms with E-state index in [0.717, 1.165) is 13.0 Å². The number of nitrogens with two attached hydrogens (primary N) is 1. The Morgan fingerprint density at radius 1 is 1.31 bits per heavy atom. The molecule has 16 heavy (non-hydrogen) atoms. The molecule has 0 spiro atoms. The van der Waals surface area contributed by atoms with Crippen molar-refractivity contribution >= 4 is 29.9 Å². The summed E-state index contributed by atoms with van der Waals surface area (Å²) in [6.45, 7) is 5.69. The van der Waals surface area contributed by atoms with Gasteiger partial charge in [0.1, 0.15) is 0 Å². The summed E-state index contributed by atoms with van der Waals surface area (Å²) in [5.74, 6) is 0.525. The molecule has 0 aliphatic rings. The molecule has 4 heteroatoms. The van der Waals surface area contributed by atoms with Crippen molar-refractivity contribution in [3.63, 3.8) is 0 Å². The number of nitrogens with zero attached hydrogens (tertiary/aromatic N) is 1. The highest BCUT2D eigenvalue weighted by molar-refractivity contribution is 14.0. The average Bonchev–Trinajstić information content (AvgIpc) is 2.25. The van der Waals surface area contributed by atoms with Crippen LogP contribution in [0.2, 0.25) is 0 Å². The largest absolute Gasteiger partial charge is 0.370 e. The van der Waals surface area contributed by atoms with Gasteiger partial charge in [-0.1, -0.05) is 36.8 Å². The monoisotopic (exact) mass is 333 g/mol. The Kier molecular flexibility index (Phi) is 7.97. The first-order valence-electron chi connectivity index (χ1n) is 5.31. The van der Waals surface area contributed by atoms with Crippen LogP contribution in [0.3, 0.4) is 0 Å². The van der Waals surface area contributed by atoms with E-state index >= 15 is 0 Å². The second-order valence-corrected chi connectivity index (χ2v) is 3.61. The summed E-state index contributed by atoms with van der Waals surface area (Å²) >= 11 is 0. The van der Waals surface area contributed by atoms with Gasteiger partial charge in [0.15, 0.2) is 5.96 Å². The SMILES string of the molecule is CCCNC(N)=NCc1ccc(C)cc1.I. The quantitative estimate of drug-likeness (QED) is 0.505. The Morgan fingerprint density at radius 3 is 2.50 bits per heavy atom. The molecule has 90 valence electrons. The molecule has 1 rings (SSSR count). The molecule has 0 aliphatic heterocycles. The van der Waals surface area contributed by atoms with Gasteiger partial charge in [-0.15, -0.1) is 24.0 Å². The van der Waals surface area contributed by atoms with E-state index in [0.29, 0.717) is 12.5 Å². The van der Waals surface area contributed by atoms with E-state index in [1.807, 2.05) is 0 Å². The van der Waals surface area contributed by atoms with Crippen molar-refractivity contribution in [1.82, 2.24) is 5.32 Å². The van der Waals surface area contributed by atoms with E-state index in [1.165, 1.54) is 11.1 Å². The molecular formula is C12H20IN3. The van der Waals surface area contributed by atoms with Gasteiger partial charge in [-0.25, -0.2) is 4.99 Å². The molecule has 0 atom stereocenters. The van der Waals surface area contributed by atoms with Gasteiger partial charge in [-0.2, -0.15) is 0 Å². The van der Waals surface area contributed by atoms with Gasteiger partial charge in [0, 0.05) is 6.54 Å². The molecule has 0 unspecified atom stereocenters. The highest BCUT2D eigenvalue weighted by Crippen LogP contribution is 2.03. The molecule has 1 aromatic carbocycles. The zero-order chi connectivity index (χ0) is 11.1. The molecule has 3 N–H and O–H groups in total. The van der Waals surface area contributed by atoms with Crippen molar-refractivity contribution in [2.45, 2.75) is 26.8 Å². The third-order valence-electron chi connectivity index (χ3n) is 2.11. The number of benzene rings is 1. The lowest BCUT2D eigenvalue weighted by Gasteiger charge is -2.03. The standard InChI is InChI=1S/C12H19N3.HI/c1-3-8-14-12(13)15-9-11-6-4-10(2)5-7-11;/h4-7H,3,8-9H2,1-2H3,(H3,13,14,15);1H. The molecule has 0 bridgehead atoms. The fourth-order valence-corrected chi connectivity index (χ4v) is 1.18. The highest BCUT2D eigenvalue weighted by atomic mass is 127. The fraction of sp³-hybridized carbons (Fsp3) is 0.417. The molecule has 0 saturated heterocycles. The number of nitrogens with one attached hydrogen (secondary N) is 1. The molecule has 0 radical (unpaired) electrons. The molecule has 0 saturated carbocycles. The summed E-state index contributed by atoms with van der Waals surface area (Å²) in [5.41, 5.74) is 8.12. The summed E-state index contributed by atoms with van der Waals surface area (Å²) in [7, 11) is 0. The number of guanidine groups is 1. The van der Waals surface area contributed by atoms with Gasteiger partial charge >= 0.3 is 0 Å². The van der Waals surface area contributed by atoms with Crippen molar-refractivity contribution in [2.75, 3.05) is 6.54 Å². The van der Waals surface area contributed by atoms with Crippen LogP contribution in [0.15, 0.2) is 29.3 Å². The Bertz CT molecular complexity index is 320. The Morgan fingerprint density at radius 2 is 1.94 bits per heavy atom. The first kappa shape index (κ1) is 15.2. The van der Waals surface area contributed by atoms with Gasteiger partial charge in [0.25, 0.3) is 0 Å². The summed E-state index contributed by atoms with van der Waals surface area (Å²) < 4.78 is 0. The van der Waals surface area contributed by atoms with Crippen LogP contribution in [0.4, 0.5) is 0 Å². The average molecular weight is 333 g/mol. The molecule has 0 aliphatic carbocycles. The molecular weight excluding hydrogens is 313 g/mol. The minimum Gasteiger partial charge on any atom is -0.370 e. The van der Waals surface area contributed by atoms with E-state index in [2.05, 4.69) is 48.4 Å². The Balaban J connectivity index is 0.00000225. The number of halogens is 1. The van der Waals surface area contributed by atoms with E-state index in [1.54, 1.807) is 0 Å². The van der Waals surface area contributed by atoms with Crippen molar-refractivity contribution in [2.24, 2.45) is 10.7 Å². The van der Waals surface area contributed by atoms with E-state index in [4.69, 9.17) is 5.73 Å². The minimum atomic E-state index is 0. The van der Waals surface area contributed by atoms with Crippen molar-refractivity contribution < 1.29 is 0 Å². The normalized spacial score (nSPS) is 10.8. The summed E-state index contributed by atoms with van der Waals surface area (Å²) in [5, 5.41) is 3.04. The Labute approximate surface area is 115 Å². The summed E-state index contributed by atoms with van der Waals surface area (Å²) in [4.78, 5) is 4.24. The molecule has 0 aromatic heterocycles. The second-order valence-electron chi connectivity index (χ2n) is 3.61. The lowest BCUT2D eigenvalue weighted by Crippen LogP contribution is -2.32. The van der Waals surface area contributed by atoms with Gasteiger partial charge < -0.3 is 11.1 Å². The van der Waals surface area contributed by atoms with Crippen LogP contribution in [0, 0.1) is 6.92 Å². The first-order chi connectivity index (χ1) is 7.22. The summed E-state index contributed by atoms with van der Waals surface area (Å²) in [6.07, 6.45) is 1.06. The van der Waals surface area contributed by atoms with Crippen LogP contribution >= 0.6 is 24.0 Å². The number of aliphatic imine (C=N–C) groups is 1. The van der Waals surface area contributed by atoms with Crippen LogP contribution in [-0.4, -0.2) is 12.5 Å². The third kappa shape index (κ3) is 5.95. The van der Waals surface area contributed by atoms with Crippen LogP contribution < -0.4 is 11.1 Å². The molecule has 0 heterocycles. The van der Waals surface area contributed by atoms with Crippen LogP contribution in [0.25, 0.3) is 0 Å². The van der Waals surface area contributed by atoms with Gasteiger partial charge in [-0.05, 0) is 18.9 Å². The lowest BCUT2D eigenvalue weighted by atomic mass is 10.1. The summed E-state index contributed by atoms with van der Waals surface area (Å²) in [6, 6.07) is 8.32. The molecule has 3 nitrogen and oxygen atoms in total. The molecule has 1 aromatic rings. The zero-order valence-corrected chi connectivity index (χ0v) is 12.2. The predicted octanol–water partition coefficient (Wildman–Crippen LogP) is 2.43. The smallest absolute Gasteiger partial charge is 0.188 e. The van der Waals surface area contributed by atoms with E-state index in [-0.39, 0.29) is 24.0 Å². The number of hydrogen-bond donors (Lipinski definition) is 2. The van der Waals surface area contributed by atoms with Gasteiger partial charge in [0.2, 0.25) is 0 Å². The van der Waals surface area contributed by atoms with Crippen molar-refractivity contribution in [3.05, 3.63) is 35.4 Å². The Hall–Kier alpha value is -0.780. The van der Waals surface area contributed by atoms with E-state index < -0.39 is 0 Å². The van der Waals surface area contributed by atoms with Crippen molar-refractivity contribution in [1.29, 1.82) is 0 Å². The lowest BCUT2D eigenvalue weighted by molar-refractivity contribution is 0.825. The topological polar surface area (TPSA) is 50.4 Å². The zero-order valence-electron chi connectivity index (χ0n) is 9.86. The van der Waals surface area contributed by atoms with Crippen LogP contribution in [-0.2, 0) is 6.54 Å². The van der Waals surface area contributed by atoms with Crippen LogP contribution in [0.1, 0.15) is 24.5 Å². The number of hydrogen-bond acceptors (Lipinski definition) is 1. The fourth-order valence-electron chi connectivity index (χ4n) is 1.18. The van der Waals surface area contributed by atoms with Gasteiger partial charge in [-0.3, -0.25) is 0 Å². The molecule has 0 fully saturated rings. The first-order valence-corrected chi connectivity index (χ1v) is 5.31. The number of rotatable bonds is 4. The molecule has 0 amide bonds. The van der Waals surface area contributed by atoms with E-state index in [9.17, 15) is 0 Å². The highest BCUT2D eigenvalue weighted by Gasteiger charge is 1.92. The van der Waals surface area contributed by atoms with Crippen molar-refractivity contribution in [3.8, 4) is 0 Å². The van der Waals surface area contributed by atoms with Gasteiger partial charge in [0.05, 0.1) is 6.54 Å². The second kappa shape index (κ2) is 8.38. The third-order valence-corrected chi connectivity index (χ3v) is 2.11. The predicted molar refractivity (Wildman–Crippen MR) is 80.2 cm³/mol. The minimum absolute atomic E-state index is 0. The number of aryl methyl sites for hydroxylation is 1. The maximum Gasteiger partial charge on any atom is 0.188 e.